The predicted octanol–water partition coefficient (Wildman–Crippen LogP) is 2.27. The van der Waals surface area contributed by atoms with Gasteiger partial charge in [-0.3, -0.25) is 0 Å². The fourth-order valence-electron chi connectivity index (χ4n) is 1.76. The second-order valence-corrected chi connectivity index (χ2v) is 4.99. The van der Waals surface area contributed by atoms with Crippen LogP contribution in [-0.2, 0) is 6.54 Å². The minimum Gasteiger partial charge on any atom is -0.378 e. The third kappa shape index (κ3) is 5.20. The molecule has 0 aliphatic heterocycles. The van der Waals surface area contributed by atoms with E-state index in [0.29, 0.717) is 12.5 Å². The Morgan fingerprint density at radius 1 is 1.37 bits per heavy atom. The van der Waals surface area contributed by atoms with Gasteiger partial charge in [0.05, 0.1) is 6.54 Å². The molecule has 0 spiro atoms. The molecule has 0 radical (unpaired) electrons. The lowest BCUT2D eigenvalue weighted by molar-refractivity contribution is 0.748. The van der Waals surface area contributed by atoms with Crippen LogP contribution in [0.5, 0.6) is 0 Å². The van der Waals surface area contributed by atoms with Crippen molar-refractivity contribution in [3.05, 3.63) is 29.3 Å². The Hall–Kier alpha value is -1.71. The first-order valence-corrected chi connectivity index (χ1v) is 6.85. The Kier molecular flexibility index (Phi) is 6.19. The van der Waals surface area contributed by atoms with Crippen LogP contribution in [0.4, 0.5) is 5.69 Å². The van der Waals surface area contributed by atoms with Crippen molar-refractivity contribution >= 4 is 11.6 Å². The summed E-state index contributed by atoms with van der Waals surface area (Å²) in [7, 11) is 4.09. The number of anilines is 1. The minimum absolute atomic E-state index is 0.532. The smallest absolute Gasteiger partial charge is 0.188 e. The second kappa shape index (κ2) is 7.67. The molecular formula is C15H26N4. The first-order chi connectivity index (χ1) is 9.04. The fraction of sp³-hybridized carbons (Fsp3) is 0.533. The monoisotopic (exact) mass is 262 g/mol. The summed E-state index contributed by atoms with van der Waals surface area (Å²) >= 11 is 0. The maximum absolute atomic E-state index is 5.82. The van der Waals surface area contributed by atoms with E-state index in [0.717, 1.165) is 19.4 Å². The van der Waals surface area contributed by atoms with Crippen molar-refractivity contribution in [3.63, 3.8) is 0 Å². The molecule has 0 heterocycles. The average Bonchev–Trinajstić information content (AvgIpc) is 2.37. The van der Waals surface area contributed by atoms with Gasteiger partial charge in [0.2, 0.25) is 0 Å². The van der Waals surface area contributed by atoms with Gasteiger partial charge in [0.15, 0.2) is 5.96 Å². The zero-order valence-electron chi connectivity index (χ0n) is 12.5. The molecule has 4 nitrogen and oxygen atoms in total. The molecule has 0 unspecified atom stereocenters. The Morgan fingerprint density at radius 2 is 2.11 bits per heavy atom. The second-order valence-electron chi connectivity index (χ2n) is 4.99. The van der Waals surface area contributed by atoms with Gasteiger partial charge in [-0.05, 0) is 36.6 Å². The van der Waals surface area contributed by atoms with Gasteiger partial charge in [-0.1, -0.05) is 19.4 Å². The van der Waals surface area contributed by atoms with E-state index in [1.807, 2.05) is 14.1 Å². The standard InChI is InChI=1S/C15H26N4/c1-5-6-9-17-15(16)18-11-13-7-8-14(19(3)4)10-12(13)2/h7-8,10H,5-6,9,11H2,1-4H3,(H3,16,17,18). The zero-order valence-corrected chi connectivity index (χ0v) is 12.5. The van der Waals surface area contributed by atoms with E-state index in [2.05, 4.69) is 47.3 Å². The van der Waals surface area contributed by atoms with Gasteiger partial charge in [-0.2, -0.15) is 0 Å². The molecule has 1 aromatic rings. The number of aliphatic imine (C=N–C) groups is 1. The van der Waals surface area contributed by atoms with Crippen molar-refractivity contribution in [1.29, 1.82) is 0 Å². The molecule has 1 rings (SSSR count). The van der Waals surface area contributed by atoms with Gasteiger partial charge in [0.1, 0.15) is 0 Å². The van der Waals surface area contributed by atoms with Gasteiger partial charge < -0.3 is 16.0 Å². The zero-order chi connectivity index (χ0) is 14.3. The van der Waals surface area contributed by atoms with E-state index in [1.165, 1.54) is 16.8 Å². The molecule has 0 fully saturated rings. The maximum atomic E-state index is 5.82. The van der Waals surface area contributed by atoms with Crippen LogP contribution in [0.25, 0.3) is 0 Å². The number of guanidine groups is 1. The van der Waals surface area contributed by atoms with Crippen LogP contribution in [-0.4, -0.2) is 26.6 Å². The summed E-state index contributed by atoms with van der Waals surface area (Å²) in [5, 5.41) is 3.12. The first-order valence-electron chi connectivity index (χ1n) is 6.85. The SMILES string of the molecule is CCCCNC(N)=NCc1ccc(N(C)C)cc1C. The lowest BCUT2D eigenvalue weighted by Crippen LogP contribution is -2.32. The van der Waals surface area contributed by atoms with Crippen molar-refractivity contribution in [2.24, 2.45) is 10.7 Å². The van der Waals surface area contributed by atoms with Crippen molar-refractivity contribution in [2.75, 3.05) is 25.5 Å². The molecule has 0 atom stereocenters. The Bertz CT molecular complexity index is 424. The topological polar surface area (TPSA) is 53.6 Å². The van der Waals surface area contributed by atoms with E-state index >= 15 is 0 Å². The highest BCUT2D eigenvalue weighted by molar-refractivity contribution is 5.77. The van der Waals surface area contributed by atoms with Gasteiger partial charge in [-0.15, -0.1) is 0 Å². The number of nitrogens with one attached hydrogen (secondary N) is 1. The number of unbranched alkanes of at least 4 members (excludes halogenated alkanes) is 1. The van der Waals surface area contributed by atoms with Gasteiger partial charge in [-0.25, -0.2) is 4.99 Å². The number of aryl methyl sites for hydroxylation is 1. The third-order valence-corrected chi connectivity index (χ3v) is 3.10. The first kappa shape index (κ1) is 15.3. The molecule has 1 aromatic carbocycles. The quantitative estimate of drug-likeness (QED) is 0.470. The molecule has 106 valence electrons. The van der Waals surface area contributed by atoms with Crippen LogP contribution in [0.1, 0.15) is 30.9 Å². The van der Waals surface area contributed by atoms with Crippen LogP contribution in [0.3, 0.4) is 0 Å². The lowest BCUT2D eigenvalue weighted by Gasteiger charge is -2.14. The number of nitrogens with zero attached hydrogens (tertiary/aromatic N) is 2. The van der Waals surface area contributed by atoms with Gasteiger partial charge in [0.25, 0.3) is 0 Å². The summed E-state index contributed by atoms with van der Waals surface area (Å²) in [5.41, 5.74) is 9.49. The maximum Gasteiger partial charge on any atom is 0.188 e. The highest BCUT2D eigenvalue weighted by Gasteiger charge is 2.01. The van der Waals surface area contributed by atoms with Crippen molar-refractivity contribution in [1.82, 2.24) is 5.32 Å². The van der Waals surface area contributed by atoms with E-state index in [1.54, 1.807) is 0 Å². The number of hydrogen-bond donors (Lipinski definition) is 2. The van der Waals surface area contributed by atoms with E-state index in [4.69, 9.17) is 5.73 Å². The van der Waals surface area contributed by atoms with Crippen LogP contribution in [0, 0.1) is 6.92 Å². The summed E-state index contributed by atoms with van der Waals surface area (Å²) in [4.78, 5) is 6.47. The summed E-state index contributed by atoms with van der Waals surface area (Å²) in [6.45, 7) is 5.79. The third-order valence-electron chi connectivity index (χ3n) is 3.10. The van der Waals surface area contributed by atoms with Crippen molar-refractivity contribution in [3.8, 4) is 0 Å². The van der Waals surface area contributed by atoms with Crippen LogP contribution < -0.4 is 16.0 Å². The number of hydrogen-bond acceptors (Lipinski definition) is 2. The minimum atomic E-state index is 0.532. The molecule has 0 saturated heterocycles. The average molecular weight is 262 g/mol. The lowest BCUT2D eigenvalue weighted by atomic mass is 10.1. The van der Waals surface area contributed by atoms with Crippen molar-refractivity contribution < 1.29 is 0 Å². The molecule has 19 heavy (non-hydrogen) atoms. The van der Waals surface area contributed by atoms with Crippen LogP contribution in [0.15, 0.2) is 23.2 Å². The summed E-state index contributed by atoms with van der Waals surface area (Å²) in [6.07, 6.45) is 2.28. The van der Waals surface area contributed by atoms with E-state index < -0.39 is 0 Å². The molecule has 0 amide bonds. The summed E-state index contributed by atoms with van der Waals surface area (Å²) < 4.78 is 0. The van der Waals surface area contributed by atoms with Crippen LogP contribution in [0.2, 0.25) is 0 Å². The predicted molar refractivity (Wildman–Crippen MR) is 83.7 cm³/mol. The summed E-state index contributed by atoms with van der Waals surface area (Å²) in [6, 6.07) is 6.40. The van der Waals surface area contributed by atoms with E-state index in [9.17, 15) is 0 Å². The number of rotatable bonds is 6. The largest absolute Gasteiger partial charge is 0.378 e. The molecule has 0 saturated carbocycles. The number of benzene rings is 1. The summed E-state index contributed by atoms with van der Waals surface area (Å²) in [5.74, 6) is 0.532. The fourth-order valence-corrected chi connectivity index (χ4v) is 1.76. The normalized spacial score (nSPS) is 11.5. The molecule has 3 N–H and O–H groups in total. The highest BCUT2D eigenvalue weighted by atomic mass is 15.1. The van der Waals surface area contributed by atoms with Gasteiger partial charge >= 0.3 is 0 Å². The molecule has 0 aromatic heterocycles. The Balaban J connectivity index is 2.60. The molecule has 4 heteroatoms. The highest BCUT2D eigenvalue weighted by Crippen LogP contribution is 2.17. The van der Waals surface area contributed by atoms with Crippen LogP contribution >= 0.6 is 0 Å². The molecule has 0 aliphatic carbocycles. The molecule has 0 aliphatic rings. The Labute approximate surface area is 116 Å². The molecule has 0 bridgehead atoms. The Morgan fingerprint density at radius 3 is 2.68 bits per heavy atom. The van der Waals surface area contributed by atoms with Gasteiger partial charge in [0, 0.05) is 26.3 Å². The van der Waals surface area contributed by atoms with E-state index in [-0.39, 0.29) is 0 Å². The molecular weight excluding hydrogens is 236 g/mol. The van der Waals surface area contributed by atoms with Crippen molar-refractivity contribution in [2.45, 2.75) is 33.2 Å². The number of nitrogens with two attached hydrogens (primary N) is 1.